The fraction of sp³-hybridized carbons (Fsp3) is 0.333. The van der Waals surface area contributed by atoms with Crippen LogP contribution >= 0.6 is 11.6 Å². The number of nitrogens with one attached hydrogen (secondary N) is 2. The largest absolute Gasteiger partial charge is 0.373 e. The highest BCUT2D eigenvalue weighted by molar-refractivity contribution is 7.89. The van der Waals surface area contributed by atoms with E-state index in [0.29, 0.717) is 11.4 Å². The van der Waals surface area contributed by atoms with Crippen LogP contribution < -0.4 is 10.6 Å². The summed E-state index contributed by atoms with van der Waals surface area (Å²) in [5, 5.41) is 5.38. The molecule has 0 radical (unpaired) electrons. The number of benzene rings is 2. The molecule has 0 spiro atoms. The molecule has 0 bridgehead atoms. The van der Waals surface area contributed by atoms with Gasteiger partial charge in [-0.15, -0.1) is 0 Å². The Bertz CT molecular complexity index is 1100. The summed E-state index contributed by atoms with van der Waals surface area (Å²) in [4.78, 5) is 23.8. The van der Waals surface area contributed by atoms with Gasteiger partial charge in [0, 0.05) is 37.0 Å². The number of amides is 2. The number of sulfonamides is 1. The van der Waals surface area contributed by atoms with E-state index < -0.39 is 15.9 Å². The van der Waals surface area contributed by atoms with Crippen molar-refractivity contribution in [1.82, 2.24) is 4.31 Å². The van der Waals surface area contributed by atoms with Crippen molar-refractivity contribution in [3.05, 3.63) is 53.1 Å². The molecular weight excluding hydrogens is 442 g/mol. The Balaban J connectivity index is 1.85. The summed E-state index contributed by atoms with van der Waals surface area (Å²) in [5.41, 5.74) is 1.12. The van der Waals surface area contributed by atoms with Crippen molar-refractivity contribution in [2.45, 2.75) is 37.9 Å². The van der Waals surface area contributed by atoms with Crippen LogP contribution in [0.15, 0.2) is 47.4 Å². The number of hydrogen-bond donors (Lipinski definition) is 2. The zero-order valence-electron chi connectivity index (χ0n) is 17.4. The van der Waals surface area contributed by atoms with Gasteiger partial charge in [-0.25, -0.2) is 8.42 Å². The van der Waals surface area contributed by atoms with Crippen LogP contribution in [0.3, 0.4) is 0 Å². The van der Waals surface area contributed by atoms with Gasteiger partial charge in [0.25, 0.3) is 5.91 Å². The first-order valence-electron chi connectivity index (χ1n) is 9.70. The Kier molecular flexibility index (Phi) is 7.00. The average Bonchev–Trinajstić information content (AvgIpc) is 2.67. The average molecular weight is 466 g/mol. The predicted octanol–water partition coefficient (Wildman–Crippen LogP) is 3.35. The van der Waals surface area contributed by atoms with E-state index in [0.717, 1.165) is 0 Å². The first kappa shape index (κ1) is 23.2. The van der Waals surface area contributed by atoms with E-state index in [-0.39, 0.29) is 46.7 Å². The van der Waals surface area contributed by atoms with Crippen LogP contribution in [0.4, 0.5) is 11.4 Å². The summed E-state index contributed by atoms with van der Waals surface area (Å²) in [6.45, 7) is 5.40. The molecule has 2 N–H and O–H groups in total. The van der Waals surface area contributed by atoms with Crippen molar-refractivity contribution < 1.29 is 22.7 Å². The van der Waals surface area contributed by atoms with Crippen molar-refractivity contribution in [3.63, 3.8) is 0 Å². The van der Waals surface area contributed by atoms with Gasteiger partial charge in [0.2, 0.25) is 15.9 Å². The van der Waals surface area contributed by atoms with Gasteiger partial charge < -0.3 is 15.4 Å². The molecule has 31 heavy (non-hydrogen) atoms. The molecule has 8 nitrogen and oxygen atoms in total. The number of rotatable bonds is 5. The van der Waals surface area contributed by atoms with Crippen molar-refractivity contribution in [1.29, 1.82) is 0 Å². The normalized spacial score (nSPS) is 19.6. The Labute approximate surface area is 186 Å². The molecule has 0 saturated carbocycles. The van der Waals surface area contributed by atoms with E-state index in [4.69, 9.17) is 16.3 Å². The molecule has 1 fully saturated rings. The van der Waals surface area contributed by atoms with Crippen LogP contribution in [0.5, 0.6) is 0 Å². The van der Waals surface area contributed by atoms with E-state index in [2.05, 4.69) is 10.6 Å². The predicted molar refractivity (Wildman–Crippen MR) is 119 cm³/mol. The van der Waals surface area contributed by atoms with E-state index >= 15 is 0 Å². The zero-order valence-corrected chi connectivity index (χ0v) is 19.0. The summed E-state index contributed by atoms with van der Waals surface area (Å²) in [6, 6.07) is 10.8. The summed E-state index contributed by atoms with van der Waals surface area (Å²) in [7, 11) is -3.91. The molecule has 2 amide bonds. The fourth-order valence-electron chi connectivity index (χ4n) is 3.39. The maximum absolute atomic E-state index is 13.2. The quantitative estimate of drug-likeness (QED) is 0.704. The van der Waals surface area contributed by atoms with Gasteiger partial charge in [-0.3, -0.25) is 9.59 Å². The Morgan fingerprint density at radius 3 is 2.26 bits per heavy atom. The van der Waals surface area contributed by atoms with Crippen molar-refractivity contribution in [2.75, 3.05) is 23.7 Å². The molecule has 2 aromatic rings. The summed E-state index contributed by atoms with van der Waals surface area (Å²) in [6.07, 6.45) is -0.501. The lowest BCUT2D eigenvalue weighted by Crippen LogP contribution is -2.48. The standard InChI is InChI=1S/C21H24ClN3O5S/c1-13-11-25(12-14(2)30-13)31(28,29)20-9-16(7-8-19(20)22)21(27)24-18-6-4-5-17(10-18)23-15(3)26/h4-10,13-14H,11-12H2,1-3H3,(H,23,26)(H,24,27). The lowest BCUT2D eigenvalue weighted by molar-refractivity contribution is -0.114. The molecular formula is C21H24ClN3O5S. The second-order valence-corrected chi connectivity index (χ2v) is 9.75. The van der Waals surface area contributed by atoms with E-state index in [9.17, 15) is 18.0 Å². The number of nitrogens with zero attached hydrogens (tertiary/aromatic N) is 1. The molecule has 1 saturated heterocycles. The highest BCUT2D eigenvalue weighted by atomic mass is 35.5. The lowest BCUT2D eigenvalue weighted by Gasteiger charge is -2.34. The smallest absolute Gasteiger partial charge is 0.255 e. The lowest BCUT2D eigenvalue weighted by atomic mass is 10.2. The van der Waals surface area contributed by atoms with E-state index in [1.807, 2.05) is 0 Å². The third-order valence-corrected chi connectivity index (χ3v) is 6.95. The minimum absolute atomic E-state index is 0.0380. The molecule has 0 aromatic heterocycles. The number of carbonyl (C=O) groups excluding carboxylic acids is 2. The fourth-order valence-corrected chi connectivity index (χ4v) is 5.48. The zero-order chi connectivity index (χ0) is 22.8. The second-order valence-electron chi connectivity index (χ2n) is 7.44. The maximum Gasteiger partial charge on any atom is 0.255 e. The van der Waals surface area contributed by atoms with Gasteiger partial charge in [0.1, 0.15) is 4.90 Å². The SMILES string of the molecule is CC(=O)Nc1cccc(NC(=O)c2ccc(Cl)c(S(=O)(=O)N3CC(C)OC(C)C3)c2)c1. The van der Waals surface area contributed by atoms with Crippen LogP contribution in [-0.2, 0) is 19.6 Å². The number of morpholine rings is 1. The van der Waals surface area contributed by atoms with Gasteiger partial charge in [-0.2, -0.15) is 4.31 Å². The van der Waals surface area contributed by atoms with Gasteiger partial charge in [-0.1, -0.05) is 17.7 Å². The van der Waals surface area contributed by atoms with Gasteiger partial charge in [0.15, 0.2) is 0 Å². The molecule has 1 aliphatic heterocycles. The van der Waals surface area contributed by atoms with Crippen LogP contribution in [0.2, 0.25) is 5.02 Å². The molecule has 2 unspecified atom stereocenters. The Hall–Kier alpha value is -2.46. The molecule has 1 aliphatic rings. The second kappa shape index (κ2) is 9.35. The van der Waals surface area contributed by atoms with Gasteiger partial charge in [-0.05, 0) is 50.2 Å². The van der Waals surface area contributed by atoms with Crippen LogP contribution in [0.25, 0.3) is 0 Å². The van der Waals surface area contributed by atoms with Crippen LogP contribution in [-0.4, -0.2) is 49.8 Å². The van der Waals surface area contributed by atoms with E-state index in [1.165, 1.54) is 29.4 Å². The molecule has 1 heterocycles. The number of anilines is 2. The minimum Gasteiger partial charge on any atom is -0.373 e. The molecule has 3 rings (SSSR count). The maximum atomic E-state index is 13.2. The van der Waals surface area contributed by atoms with Crippen LogP contribution in [0, 0.1) is 0 Å². The highest BCUT2D eigenvalue weighted by Crippen LogP contribution is 2.28. The molecule has 0 aliphatic carbocycles. The van der Waals surface area contributed by atoms with E-state index in [1.54, 1.807) is 38.1 Å². The van der Waals surface area contributed by atoms with Crippen molar-refractivity contribution >= 4 is 44.8 Å². The summed E-state index contributed by atoms with van der Waals surface area (Å²) < 4.78 is 33.3. The first-order valence-corrected chi connectivity index (χ1v) is 11.5. The van der Waals surface area contributed by atoms with Crippen LogP contribution in [0.1, 0.15) is 31.1 Å². The Morgan fingerprint density at radius 2 is 1.65 bits per heavy atom. The molecule has 166 valence electrons. The third-order valence-electron chi connectivity index (χ3n) is 4.64. The molecule has 2 aromatic carbocycles. The van der Waals surface area contributed by atoms with Gasteiger partial charge in [0.05, 0.1) is 17.2 Å². The Morgan fingerprint density at radius 1 is 1.03 bits per heavy atom. The number of ether oxygens (including phenoxy) is 1. The summed E-state index contributed by atoms with van der Waals surface area (Å²) in [5.74, 6) is -0.736. The van der Waals surface area contributed by atoms with Crippen molar-refractivity contribution in [2.24, 2.45) is 0 Å². The topological polar surface area (TPSA) is 105 Å². The highest BCUT2D eigenvalue weighted by Gasteiger charge is 2.33. The third kappa shape index (κ3) is 5.62. The monoisotopic (exact) mass is 465 g/mol. The summed E-state index contributed by atoms with van der Waals surface area (Å²) >= 11 is 6.20. The van der Waals surface area contributed by atoms with Crippen molar-refractivity contribution in [3.8, 4) is 0 Å². The number of hydrogen-bond acceptors (Lipinski definition) is 5. The number of halogens is 1. The molecule has 10 heteroatoms. The minimum atomic E-state index is -3.91. The first-order chi connectivity index (χ1) is 14.6. The van der Waals surface area contributed by atoms with Gasteiger partial charge >= 0.3 is 0 Å². The number of carbonyl (C=O) groups is 2. The molecule has 2 atom stereocenters.